The molecule has 0 saturated heterocycles. The number of carbonyl (C=O) groups excluding carboxylic acids is 1. The number of nitrogens with two attached hydrogens (primary N) is 1. The van der Waals surface area contributed by atoms with E-state index in [0.717, 1.165) is 0 Å². The lowest BCUT2D eigenvalue weighted by Gasteiger charge is -2.16. The van der Waals surface area contributed by atoms with E-state index in [2.05, 4.69) is 5.32 Å². The van der Waals surface area contributed by atoms with Crippen LogP contribution in [0.3, 0.4) is 0 Å². The van der Waals surface area contributed by atoms with Crippen molar-refractivity contribution in [3.8, 4) is 0 Å². The van der Waals surface area contributed by atoms with E-state index in [-0.39, 0.29) is 12.3 Å². The summed E-state index contributed by atoms with van der Waals surface area (Å²) in [4.78, 5) is 22.7. The maximum atomic E-state index is 11.5. The molecular formula is C12H15ClN2O3. The van der Waals surface area contributed by atoms with Gasteiger partial charge in [0.05, 0.1) is 0 Å². The third-order valence-electron chi connectivity index (χ3n) is 2.38. The van der Waals surface area contributed by atoms with E-state index in [0.29, 0.717) is 23.6 Å². The van der Waals surface area contributed by atoms with Gasteiger partial charge in [0.25, 0.3) is 0 Å². The molecule has 1 rings (SSSR count). The second kappa shape index (κ2) is 6.98. The molecule has 0 aliphatic rings. The SMILES string of the molecule is NCCCC(=O)N[C@@H](C(=O)O)c1ccccc1Cl. The van der Waals surface area contributed by atoms with Crippen LogP contribution in [0.2, 0.25) is 5.02 Å². The number of amides is 1. The van der Waals surface area contributed by atoms with E-state index in [9.17, 15) is 9.59 Å². The minimum absolute atomic E-state index is 0.199. The lowest BCUT2D eigenvalue weighted by molar-refractivity contribution is -0.142. The maximum absolute atomic E-state index is 11.5. The van der Waals surface area contributed by atoms with Crippen molar-refractivity contribution in [2.24, 2.45) is 5.73 Å². The van der Waals surface area contributed by atoms with Gasteiger partial charge in [-0.15, -0.1) is 0 Å². The fourth-order valence-electron chi connectivity index (χ4n) is 1.48. The number of carboxylic acids is 1. The Morgan fingerprint density at radius 1 is 1.39 bits per heavy atom. The molecule has 0 spiro atoms. The molecule has 6 heteroatoms. The Bertz CT molecular complexity index is 437. The van der Waals surface area contributed by atoms with Crippen LogP contribution >= 0.6 is 11.6 Å². The maximum Gasteiger partial charge on any atom is 0.330 e. The molecule has 0 aliphatic heterocycles. The Kier molecular flexibility index (Phi) is 5.61. The minimum Gasteiger partial charge on any atom is -0.479 e. The molecule has 1 atom stereocenters. The Hall–Kier alpha value is -1.59. The number of halogens is 1. The standard InChI is InChI=1S/C12H15ClN2O3/c13-9-5-2-1-4-8(9)11(12(17)18)15-10(16)6-3-7-14/h1-2,4-5,11H,3,6-7,14H2,(H,15,16)(H,17,18)/t11-/m1/s1. The Balaban J connectivity index is 2.81. The molecule has 1 amide bonds. The van der Waals surface area contributed by atoms with Crippen LogP contribution < -0.4 is 11.1 Å². The molecule has 98 valence electrons. The summed E-state index contributed by atoms with van der Waals surface area (Å²) in [6.07, 6.45) is 0.714. The average molecular weight is 271 g/mol. The highest BCUT2D eigenvalue weighted by Gasteiger charge is 2.23. The zero-order chi connectivity index (χ0) is 13.5. The number of rotatable bonds is 6. The van der Waals surface area contributed by atoms with Crippen LogP contribution in [-0.2, 0) is 9.59 Å². The van der Waals surface area contributed by atoms with Gasteiger partial charge >= 0.3 is 5.97 Å². The summed E-state index contributed by atoms with van der Waals surface area (Å²) in [6.45, 7) is 0.386. The first-order valence-corrected chi connectivity index (χ1v) is 5.90. The van der Waals surface area contributed by atoms with Gasteiger partial charge in [0.1, 0.15) is 0 Å². The monoisotopic (exact) mass is 270 g/mol. The van der Waals surface area contributed by atoms with Gasteiger partial charge in [0.15, 0.2) is 6.04 Å². The first-order valence-electron chi connectivity index (χ1n) is 5.53. The molecule has 0 saturated carbocycles. The second-order valence-electron chi connectivity index (χ2n) is 3.75. The van der Waals surface area contributed by atoms with Crippen LogP contribution in [0.25, 0.3) is 0 Å². The van der Waals surface area contributed by atoms with Crippen LogP contribution in [0.15, 0.2) is 24.3 Å². The lowest BCUT2D eigenvalue weighted by atomic mass is 10.1. The molecule has 1 aromatic rings. The van der Waals surface area contributed by atoms with Crippen molar-refractivity contribution in [2.75, 3.05) is 6.54 Å². The Morgan fingerprint density at radius 2 is 2.06 bits per heavy atom. The van der Waals surface area contributed by atoms with Crippen LogP contribution in [0.1, 0.15) is 24.4 Å². The predicted octanol–water partition coefficient (Wildman–Crippen LogP) is 1.32. The number of benzene rings is 1. The van der Waals surface area contributed by atoms with E-state index in [1.807, 2.05) is 0 Å². The second-order valence-corrected chi connectivity index (χ2v) is 4.16. The third-order valence-corrected chi connectivity index (χ3v) is 2.72. The molecule has 18 heavy (non-hydrogen) atoms. The predicted molar refractivity (Wildman–Crippen MR) is 68.3 cm³/mol. The molecule has 0 aromatic heterocycles. The van der Waals surface area contributed by atoms with E-state index >= 15 is 0 Å². The van der Waals surface area contributed by atoms with Gasteiger partial charge in [0.2, 0.25) is 5.91 Å². The number of hydrogen-bond acceptors (Lipinski definition) is 3. The van der Waals surface area contributed by atoms with Gasteiger partial charge in [0, 0.05) is 17.0 Å². The fourth-order valence-corrected chi connectivity index (χ4v) is 1.72. The number of hydrogen-bond donors (Lipinski definition) is 3. The quantitative estimate of drug-likeness (QED) is 0.727. The summed E-state index contributed by atoms with van der Waals surface area (Å²) in [5, 5.41) is 11.9. The first-order chi connectivity index (χ1) is 8.56. The van der Waals surface area contributed by atoms with Crippen LogP contribution in [0, 0.1) is 0 Å². The molecule has 0 aliphatic carbocycles. The lowest BCUT2D eigenvalue weighted by Crippen LogP contribution is -2.34. The first kappa shape index (κ1) is 14.5. The highest BCUT2D eigenvalue weighted by molar-refractivity contribution is 6.31. The molecule has 0 radical (unpaired) electrons. The van der Waals surface area contributed by atoms with Gasteiger partial charge in [-0.25, -0.2) is 4.79 Å². The summed E-state index contributed by atoms with van der Waals surface area (Å²) in [6, 6.07) is 5.39. The van der Waals surface area contributed by atoms with E-state index in [1.165, 1.54) is 0 Å². The molecule has 0 bridgehead atoms. The summed E-state index contributed by atoms with van der Waals surface area (Å²) in [5.74, 6) is -1.50. The molecule has 5 nitrogen and oxygen atoms in total. The van der Waals surface area contributed by atoms with E-state index in [4.69, 9.17) is 22.4 Å². The minimum atomic E-state index is -1.15. The van der Waals surface area contributed by atoms with Gasteiger partial charge in [-0.05, 0) is 19.0 Å². The molecular weight excluding hydrogens is 256 g/mol. The molecule has 0 unspecified atom stereocenters. The van der Waals surface area contributed by atoms with Gasteiger partial charge < -0.3 is 16.2 Å². The van der Waals surface area contributed by atoms with Crippen molar-refractivity contribution in [3.63, 3.8) is 0 Å². The van der Waals surface area contributed by atoms with Gasteiger partial charge in [-0.3, -0.25) is 4.79 Å². The van der Waals surface area contributed by atoms with Crippen molar-refractivity contribution in [2.45, 2.75) is 18.9 Å². The summed E-state index contributed by atoms with van der Waals surface area (Å²) >= 11 is 5.92. The molecule has 4 N–H and O–H groups in total. The summed E-state index contributed by atoms with van der Waals surface area (Å²) in [7, 11) is 0. The van der Waals surface area contributed by atoms with Crippen molar-refractivity contribution in [1.29, 1.82) is 0 Å². The smallest absolute Gasteiger partial charge is 0.330 e. The number of carbonyl (C=O) groups is 2. The molecule has 1 aromatic carbocycles. The topological polar surface area (TPSA) is 92.4 Å². The highest BCUT2D eigenvalue weighted by atomic mass is 35.5. The van der Waals surface area contributed by atoms with Crippen molar-refractivity contribution in [1.82, 2.24) is 5.32 Å². The van der Waals surface area contributed by atoms with E-state index in [1.54, 1.807) is 24.3 Å². The third kappa shape index (κ3) is 4.01. The van der Waals surface area contributed by atoms with Crippen molar-refractivity contribution in [3.05, 3.63) is 34.9 Å². The van der Waals surface area contributed by atoms with Gasteiger partial charge in [-0.2, -0.15) is 0 Å². The Morgan fingerprint density at radius 3 is 2.61 bits per heavy atom. The highest BCUT2D eigenvalue weighted by Crippen LogP contribution is 2.22. The molecule has 0 heterocycles. The van der Waals surface area contributed by atoms with Crippen LogP contribution in [0.5, 0.6) is 0 Å². The largest absolute Gasteiger partial charge is 0.479 e. The van der Waals surface area contributed by atoms with Crippen molar-refractivity contribution >= 4 is 23.5 Å². The number of aliphatic carboxylic acids is 1. The normalized spacial score (nSPS) is 11.9. The summed E-state index contributed by atoms with van der Waals surface area (Å²) in [5.41, 5.74) is 5.65. The van der Waals surface area contributed by atoms with Crippen molar-refractivity contribution < 1.29 is 14.7 Å². The Labute approximate surface area is 110 Å². The van der Waals surface area contributed by atoms with Crippen LogP contribution in [0.4, 0.5) is 0 Å². The zero-order valence-electron chi connectivity index (χ0n) is 9.73. The number of nitrogens with one attached hydrogen (secondary N) is 1. The van der Waals surface area contributed by atoms with Gasteiger partial charge in [-0.1, -0.05) is 29.8 Å². The zero-order valence-corrected chi connectivity index (χ0v) is 10.5. The van der Waals surface area contributed by atoms with Crippen LogP contribution in [-0.4, -0.2) is 23.5 Å². The van der Waals surface area contributed by atoms with E-state index < -0.39 is 12.0 Å². The summed E-state index contributed by atoms with van der Waals surface area (Å²) < 4.78 is 0. The fraction of sp³-hybridized carbons (Fsp3) is 0.333. The molecule has 0 fully saturated rings. The number of carboxylic acid groups (broad SMARTS) is 1. The average Bonchev–Trinajstić information content (AvgIpc) is 2.34.